The van der Waals surface area contributed by atoms with Crippen molar-refractivity contribution in [3.8, 4) is 0 Å². The standard InChI is InChI=1S/C48H51NO15S/c1-26(50)59-40-36(25-58-47(56)48(4,5)6)62-45(42(61-28(3)52)41(40)60-27(2)51)64-39-35(24-57-23-29-20-21-30-14-10-11-15-31(30)22-29)63-46(65-32-16-8-7-9-17-32)37(38(39)53)49-43(54)33-18-12-13-19-34(33)44(49)55/h7-22,35-42,45-46,53H,23-25H2,1-6H3/t35-,36-,37-,38-,39-,40+,41+,42-,45+,46+/m1/s1. The van der Waals surface area contributed by atoms with Crippen LogP contribution < -0.4 is 0 Å². The molecule has 0 bridgehead atoms. The molecule has 344 valence electrons. The number of aliphatic hydroxyl groups is 1. The SMILES string of the molecule is CC(=O)O[C@H]1[C@@H](OC(C)=O)[C@@H](COC(=O)C(C)(C)C)O[C@@H](O[C@H]2[C@H](O)[C@@H](N3C(=O)c4ccccc4C3=O)[C@H](Sc3ccccc3)O[C@@H]2COCc2ccc3ccccc3c2)[C@@H]1OC(C)=O. The van der Waals surface area contributed by atoms with Gasteiger partial charge in [-0.15, -0.1) is 0 Å². The van der Waals surface area contributed by atoms with Gasteiger partial charge < -0.3 is 43.0 Å². The Balaban J connectivity index is 1.28. The van der Waals surface area contributed by atoms with Crippen LogP contribution >= 0.6 is 11.8 Å². The van der Waals surface area contributed by atoms with E-state index in [-0.39, 0.29) is 24.3 Å². The molecule has 17 heteroatoms. The van der Waals surface area contributed by atoms with Crippen molar-refractivity contribution in [3.05, 3.63) is 114 Å². The molecule has 1 N–H and O–H groups in total. The number of carbonyl (C=O) groups excluding carboxylic acids is 6. The molecule has 10 atom stereocenters. The average molecular weight is 914 g/mol. The number of amides is 2. The second-order valence-electron chi connectivity index (χ2n) is 16.9. The Morgan fingerprint density at radius 2 is 1.25 bits per heavy atom. The summed E-state index contributed by atoms with van der Waals surface area (Å²) >= 11 is 1.17. The van der Waals surface area contributed by atoms with Crippen LogP contribution in [0.2, 0.25) is 0 Å². The van der Waals surface area contributed by atoms with E-state index in [2.05, 4.69) is 0 Å². The number of thioether (sulfide) groups is 1. The fourth-order valence-corrected chi connectivity index (χ4v) is 9.14. The Morgan fingerprint density at radius 3 is 1.88 bits per heavy atom. The third-order valence-electron chi connectivity index (χ3n) is 10.9. The zero-order chi connectivity index (χ0) is 46.6. The molecule has 2 saturated heterocycles. The average Bonchev–Trinajstić information content (AvgIpc) is 3.50. The molecule has 3 aliphatic heterocycles. The van der Waals surface area contributed by atoms with Crippen molar-refractivity contribution >= 4 is 58.2 Å². The van der Waals surface area contributed by atoms with Crippen LogP contribution in [0.25, 0.3) is 10.8 Å². The number of esters is 4. The number of imide groups is 1. The molecule has 3 heterocycles. The fraction of sp³-hybridized carbons (Fsp3) is 0.417. The summed E-state index contributed by atoms with van der Waals surface area (Å²) in [5, 5.41) is 14.8. The minimum atomic E-state index is -1.76. The van der Waals surface area contributed by atoms with E-state index < -0.39 is 108 Å². The van der Waals surface area contributed by atoms with Gasteiger partial charge >= 0.3 is 23.9 Å². The van der Waals surface area contributed by atoms with E-state index in [9.17, 15) is 33.9 Å². The van der Waals surface area contributed by atoms with E-state index in [0.717, 1.165) is 42.0 Å². The molecule has 16 nitrogen and oxygen atoms in total. The minimum absolute atomic E-state index is 0.0989. The molecule has 2 amide bonds. The number of hydrogen-bond acceptors (Lipinski definition) is 16. The van der Waals surface area contributed by atoms with Crippen molar-refractivity contribution in [3.63, 3.8) is 0 Å². The van der Waals surface area contributed by atoms with Gasteiger partial charge in [-0.3, -0.25) is 33.7 Å². The van der Waals surface area contributed by atoms with Crippen LogP contribution in [0.3, 0.4) is 0 Å². The van der Waals surface area contributed by atoms with E-state index in [0.29, 0.717) is 4.90 Å². The first-order chi connectivity index (χ1) is 31.0. The molecule has 0 aliphatic carbocycles. The first-order valence-electron chi connectivity index (χ1n) is 21.1. The molecule has 0 spiro atoms. The number of carbonyl (C=O) groups is 6. The maximum atomic E-state index is 14.2. The van der Waals surface area contributed by atoms with E-state index in [4.69, 9.17) is 37.9 Å². The predicted molar refractivity (Wildman–Crippen MR) is 232 cm³/mol. The van der Waals surface area contributed by atoms with Gasteiger partial charge in [0.05, 0.1) is 29.8 Å². The molecule has 0 radical (unpaired) electrons. The van der Waals surface area contributed by atoms with Gasteiger partial charge in [0, 0.05) is 25.7 Å². The van der Waals surface area contributed by atoms with Crippen molar-refractivity contribution in [2.45, 2.75) is 114 Å². The Labute approximate surface area is 379 Å². The highest BCUT2D eigenvalue weighted by Gasteiger charge is 2.58. The molecule has 0 aromatic heterocycles. The van der Waals surface area contributed by atoms with Crippen molar-refractivity contribution < 1.29 is 71.8 Å². The molecule has 4 aromatic rings. The highest BCUT2D eigenvalue weighted by molar-refractivity contribution is 7.99. The highest BCUT2D eigenvalue weighted by Crippen LogP contribution is 2.41. The summed E-state index contributed by atoms with van der Waals surface area (Å²) in [6, 6.07) is 27.6. The molecule has 0 saturated carbocycles. The summed E-state index contributed by atoms with van der Waals surface area (Å²) in [6.45, 7) is 7.50. The number of ether oxygens (including phenoxy) is 8. The summed E-state index contributed by atoms with van der Waals surface area (Å²) in [4.78, 5) is 81.1. The summed E-state index contributed by atoms with van der Waals surface area (Å²) in [5.41, 5.74) is -0.980. The van der Waals surface area contributed by atoms with Crippen LogP contribution in [0.4, 0.5) is 0 Å². The lowest BCUT2D eigenvalue weighted by atomic mass is 9.94. The number of nitrogens with zero attached hydrogens (tertiary/aromatic N) is 1. The monoisotopic (exact) mass is 913 g/mol. The maximum absolute atomic E-state index is 14.2. The van der Waals surface area contributed by atoms with Gasteiger partial charge in [-0.2, -0.15) is 0 Å². The first kappa shape index (κ1) is 47.3. The van der Waals surface area contributed by atoms with Crippen LogP contribution in [-0.4, -0.2) is 119 Å². The normalized spacial score (nSPS) is 26.6. The van der Waals surface area contributed by atoms with E-state index >= 15 is 0 Å². The zero-order valence-corrected chi connectivity index (χ0v) is 37.5. The Morgan fingerprint density at radius 1 is 0.677 bits per heavy atom. The van der Waals surface area contributed by atoms with Gasteiger partial charge in [0.1, 0.15) is 42.5 Å². The number of hydrogen-bond donors (Lipinski definition) is 1. The molecule has 7 rings (SSSR count). The van der Waals surface area contributed by atoms with Gasteiger partial charge in [0.15, 0.2) is 24.6 Å². The maximum Gasteiger partial charge on any atom is 0.311 e. The third kappa shape index (κ3) is 10.9. The van der Waals surface area contributed by atoms with Crippen LogP contribution in [0.5, 0.6) is 0 Å². The van der Waals surface area contributed by atoms with Gasteiger partial charge in [-0.1, -0.05) is 78.5 Å². The van der Waals surface area contributed by atoms with Gasteiger partial charge in [-0.05, 0) is 67.4 Å². The molecule has 4 aromatic carbocycles. The second kappa shape index (κ2) is 20.2. The summed E-state index contributed by atoms with van der Waals surface area (Å²) < 4.78 is 48.7. The van der Waals surface area contributed by atoms with Crippen molar-refractivity contribution in [2.75, 3.05) is 13.2 Å². The summed E-state index contributed by atoms with van der Waals surface area (Å²) in [6.07, 6.45) is -12.4. The predicted octanol–water partition coefficient (Wildman–Crippen LogP) is 5.39. The third-order valence-corrected chi connectivity index (χ3v) is 12.1. The van der Waals surface area contributed by atoms with Gasteiger partial charge in [-0.25, -0.2) is 0 Å². The smallest absolute Gasteiger partial charge is 0.311 e. The number of benzene rings is 4. The molecular weight excluding hydrogens is 863 g/mol. The summed E-state index contributed by atoms with van der Waals surface area (Å²) in [7, 11) is 0. The lowest BCUT2D eigenvalue weighted by Crippen LogP contribution is -2.68. The lowest BCUT2D eigenvalue weighted by Gasteiger charge is -2.49. The number of fused-ring (bicyclic) bond motifs is 2. The molecule has 2 fully saturated rings. The zero-order valence-electron chi connectivity index (χ0n) is 36.7. The Bertz CT molecular complexity index is 2370. The highest BCUT2D eigenvalue weighted by atomic mass is 32.2. The van der Waals surface area contributed by atoms with Gasteiger partial charge in [0.2, 0.25) is 0 Å². The minimum Gasteiger partial charge on any atom is -0.462 e. The van der Waals surface area contributed by atoms with Crippen LogP contribution in [-0.2, 0) is 63.7 Å². The quantitative estimate of drug-likeness (QED) is 0.0958. The lowest BCUT2D eigenvalue weighted by molar-refractivity contribution is -0.338. The largest absolute Gasteiger partial charge is 0.462 e. The van der Waals surface area contributed by atoms with Gasteiger partial charge in [0.25, 0.3) is 11.8 Å². The molecule has 3 aliphatic rings. The van der Waals surface area contributed by atoms with Crippen molar-refractivity contribution in [1.29, 1.82) is 0 Å². The number of aliphatic hydroxyl groups excluding tert-OH is 1. The molecule has 0 unspecified atom stereocenters. The van der Waals surface area contributed by atoms with Crippen LogP contribution in [0, 0.1) is 5.41 Å². The fourth-order valence-electron chi connectivity index (χ4n) is 7.94. The van der Waals surface area contributed by atoms with Crippen molar-refractivity contribution in [2.24, 2.45) is 5.41 Å². The topological polar surface area (TPSA) is 200 Å². The second-order valence-corrected chi connectivity index (χ2v) is 18.1. The van der Waals surface area contributed by atoms with Crippen LogP contribution in [0.15, 0.2) is 102 Å². The summed E-state index contributed by atoms with van der Waals surface area (Å²) in [5.74, 6) is -4.54. The Kier molecular flexibility index (Phi) is 14.7. The van der Waals surface area contributed by atoms with E-state index in [1.165, 1.54) is 23.9 Å². The molecule has 65 heavy (non-hydrogen) atoms. The number of rotatable bonds is 14. The van der Waals surface area contributed by atoms with E-state index in [1.807, 2.05) is 72.8 Å². The Hall–Kier alpha value is -5.69. The van der Waals surface area contributed by atoms with Crippen molar-refractivity contribution in [1.82, 2.24) is 4.90 Å². The molecular formula is C48H51NO15S. The first-order valence-corrected chi connectivity index (χ1v) is 22.0. The van der Waals surface area contributed by atoms with E-state index in [1.54, 1.807) is 32.9 Å². The van der Waals surface area contributed by atoms with Crippen LogP contribution in [0.1, 0.15) is 67.8 Å².